The molecule has 1 amide bonds. The molecule has 0 rings (SSSR count). The zero-order valence-electron chi connectivity index (χ0n) is 43.0. The lowest BCUT2D eigenvalue weighted by atomic mass is 10.0. The Kier molecular flexibility index (Phi) is 45.9. The van der Waals surface area contributed by atoms with E-state index >= 15 is 0 Å². The summed E-state index contributed by atoms with van der Waals surface area (Å²) >= 11 is 0. The fraction of sp³-hybridized carbons (Fsp3) is 0.873. The second kappa shape index (κ2) is 46.8. The lowest BCUT2D eigenvalue weighted by Gasteiger charge is -2.29. The number of allylic oxidation sites excluding steroid dienone is 5. The standard InChI is InChI=1S/C55H107N2O6P/c1-6-8-10-12-14-16-18-19-20-21-22-23-24-25-26-27-28-29-30-31-32-33-34-35-36-37-39-41-43-45-47-49-55(59)56-53(52-63-64(60,61)62-51-50-57(3,4)5)54(58)48-46-44-42-40-38-17-15-13-11-9-7-2/h18-19,21-22,46,48,53-54,58H,6-17,20,23-45,47,49-52H2,1-5H3,(H-,56,59,60,61)/b19-18-,22-21-,48-46+. The van der Waals surface area contributed by atoms with Gasteiger partial charge in [-0.25, -0.2) is 0 Å². The first-order valence-corrected chi connectivity index (χ1v) is 28.8. The zero-order valence-corrected chi connectivity index (χ0v) is 43.9. The molecule has 0 aliphatic carbocycles. The number of nitrogens with zero attached hydrogens (tertiary/aromatic N) is 1. The van der Waals surface area contributed by atoms with Gasteiger partial charge in [-0.05, 0) is 51.4 Å². The lowest BCUT2D eigenvalue weighted by Crippen LogP contribution is -2.45. The Labute approximate surface area is 397 Å². The van der Waals surface area contributed by atoms with Gasteiger partial charge in [0.15, 0.2) is 0 Å². The predicted octanol–water partition coefficient (Wildman–Crippen LogP) is 15.6. The van der Waals surface area contributed by atoms with Gasteiger partial charge in [0.2, 0.25) is 5.91 Å². The second-order valence-corrected chi connectivity index (χ2v) is 21.3. The van der Waals surface area contributed by atoms with Gasteiger partial charge in [0.1, 0.15) is 13.2 Å². The van der Waals surface area contributed by atoms with E-state index < -0.39 is 20.0 Å². The van der Waals surface area contributed by atoms with Gasteiger partial charge < -0.3 is 28.8 Å². The summed E-state index contributed by atoms with van der Waals surface area (Å²) in [4.78, 5) is 25.4. The zero-order chi connectivity index (χ0) is 47.1. The molecule has 0 saturated carbocycles. The Morgan fingerprint density at radius 1 is 0.547 bits per heavy atom. The third kappa shape index (κ3) is 48.6. The van der Waals surface area contributed by atoms with Crippen molar-refractivity contribution in [3.63, 3.8) is 0 Å². The molecule has 0 bridgehead atoms. The average Bonchev–Trinajstić information content (AvgIpc) is 3.25. The van der Waals surface area contributed by atoms with Gasteiger partial charge in [-0.1, -0.05) is 237 Å². The van der Waals surface area contributed by atoms with Gasteiger partial charge in [0.05, 0.1) is 39.9 Å². The average molecular weight is 923 g/mol. The number of nitrogens with one attached hydrogen (secondary N) is 1. The number of aliphatic hydroxyl groups excluding tert-OH is 1. The van der Waals surface area contributed by atoms with Crippen LogP contribution in [0.5, 0.6) is 0 Å². The summed E-state index contributed by atoms with van der Waals surface area (Å²) in [7, 11) is 1.27. The summed E-state index contributed by atoms with van der Waals surface area (Å²) in [5, 5.41) is 13.8. The minimum absolute atomic E-state index is 0.000215. The van der Waals surface area contributed by atoms with E-state index in [0.717, 1.165) is 44.9 Å². The number of phosphoric acid groups is 1. The van der Waals surface area contributed by atoms with Crippen molar-refractivity contribution in [2.75, 3.05) is 40.9 Å². The Morgan fingerprint density at radius 3 is 1.30 bits per heavy atom. The molecule has 0 saturated heterocycles. The van der Waals surface area contributed by atoms with Gasteiger partial charge in [0, 0.05) is 6.42 Å². The van der Waals surface area contributed by atoms with Crippen molar-refractivity contribution in [3.8, 4) is 0 Å². The summed E-state index contributed by atoms with van der Waals surface area (Å²) in [5.74, 6) is -0.196. The van der Waals surface area contributed by atoms with Crippen LogP contribution >= 0.6 is 7.82 Å². The molecule has 0 radical (unpaired) electrons. The molecule has 0 aromatic heterocycles. The third-order valence-corrected chi connectivity index (χ3v) is 13.3. The number of amides is 1. The van der Waals surface area contributed by atoms with Crippen molar-refractivity contribution in [2.45, 2.75) is 270 Å². The number of carbonyl (C=O) groups is 1. The van der Waals surface area contributed by atoms with Crippen LogP contribution < -0.4 is 10.2 Å². The van der Waals surface area contributed by atoms with Crippen LogP contribution in [-0.4, -0.2) is 68.5 Å². The number of carbonyl (C=O) groups excluding carboxylic acids is 1. The maximum absolute atomic E-state index is 12.9. The van der Waals surface area contributed by atoms with Gasteiger partial charge in [0.25, 0.3) is 7.82 Å². The molecule has 0 aromatic rings. The number of unbranched alkanes of at least 4 members (excludes halogenated alkanes) is 33. The van der Waals surface area contributed by atoms with Crippen LogP contribution in [0.2, 0.25) is 0 Å². The quantitative estimate of drug-likeness (QED) is 0.0272. The van der Waals surface area contributed by atoms with Crippen LogP contribution in [0.25, 0.3) is 0 Å². The van der Waals surface area contributed by atoms with E-state index in [1.165, 1.54) is 193 Å². The van der Waals surface area contributed by atoms with E-state index in [-0.39, 0.29) is 19.1 Å². The van der Waals surface area contributed by atoms with E-state index in [2.05, 4.69) is 43.5 Å². The Bertz CT molecular complexity index is 1140. The number of quaternary nitrogens is 1. The highest BCUT2D eigenvalue weighted by Gasteiger charge is 2.23. The number of likely N-dealkylation sites (N-methyl/N-ethyl adjacent to an activating group) is 1. The molecular weight excluding hydrogens is 816 g/mol. The molecule has 0 fully saturated rings. The highest BCUT2D eigenvalue weighted by molar-refractivity contribution is 7.45. The minimum atomic E-state index is -4.59. The maximum Gasteiger partial charge on any atom is 0.268 e. The summed E-state index contributed by atoms with van der Waals surface area (Å²) in [6, 6.07) is -0.883. The molecule has 0 heterocycles. The van der Waals surface area contributed by atoms with Gasteiger partial charge >= 0.3 is 0 Å². The summed E-state index contributed by atoms with van der Waals surface area (Å²) in [5.41, 5.74) is 0. The smallest absolute Gasteiger partial charge is 0.268 e. The molecule has 0 aliphatic rings. The first-order chi connectivity index (χ1) is 31.0. The molecule has 378 valence electrons. The topological polar surface area (TPSA) is 108 Å². The molecule has 8 nitrogen and oxygen atoms in total. The monoisotopic (exact) mass is 923 g/mol. The summed E-state index contributed by atoms with van der Waals surface area (Å²) in [6.45, 7) is 4.64. The van der Waals surface area contributed by atoms with Crippen molar-refractivity contribution in [3.05, 3.63) is 36.5 Å². The molecule has 64 heavy (non-hydrogen) atoms. The molecule has 0 spiro atoms. The van der Waals surface area contributed by atoms with Crippen LogP contribution in [-0.2, 0) is 18.4 Å². The Balaban J connectivity index is 4.00. The fourth-order valence-electron chi connectivity index (χ4n) is 8.01. The van der Waals surface area contributed by atoms with Gasteiger partial charge in [-0.2, -0.15) is 0 Å². The maximum atomic E-state index is 12.9. The van der Waals surface area contributed by atoms with Gasteiger partial charge in [-0.15, -0.1) is 0 Å². The molecule has 0 aliphatic heterocycles. The van der Waals surface area contributed by atoms with Crippen molar-refractivity contribution in [1.29, 1.82) is 0 Å². The van der Waals surface area contributed by atoms with Crippen molar-refractivity contribution < 1.29 is 32.9 Å². The van der Waals surface area contributed by atoms with Crippen molar-refractivity contribution in [2.24, 2.45) is 0 Å². The molecule has 2 N–H and O–H groups in total. The van der Waals surface area contributed by atoms with Crippen LogP contribution in [0.15, 0.2) is 36.5 Å². The fourth-order valence-corrected chi connectivity index (χ4v) is 8.73. The first kappa shape index (κ1) is 62.7. The number of aliphatic hydroxyl groups is 1. The van der Waals surface area contributed by atoms with Crippen LogP contribution in [0.4, 0.5) is 0 Å². The van der Waals surface area contributed by atoms with Crippen LogP contribution in [0.1, 0.15) is 258 Å². The van der Waals surface area contributed by atoms with Crippen LogP contribution in [0, 0.1) is 0 Å². The van der Waals surface area contributed by atoms with Gasteiger partial charge in [-0.3, -0.25) is 9.36 Å². The number of hydrogen-bond acceptors (Lipinski definition) is 6. The van der Waals surface area contributed by atoms with Crippen molar-refractivity contribution in [1.82, 2.24) is 5.32 Å². The SMILES string of the molecule is CCCCCCC/C=C\C/C=C\CCCCCCCCCCCCCCCCCCCCCC(=O)NC(COP(=O)([O-])OCC[N+](C)(C)C)C(O)/C=C/CCCCCCCCCCC. The minimum Gasteiger partial charge on any atom is -0.756 e. The molecule has 0 aromatic carbocycles. The highest BCUT2D eigenvalue weighted by atomic mass is 31.2. The molecular formula is C55H107N2O6P. The Hall–Kier alpha value is -1.28. The van der Waals surface area contributed by atoms with E-state index in [1.807, 2.05) is 27.2 Å². The number of phosphoric ester groups is 1. The number of hydrogen-bond donors (Lipinski definition) is 2. The van der Waals surface area contributed by atoms with Crippen LogP contribution in [0.3, 0.4) is 0 Å². The van der Waals surface area contributed by atoms with E-state index in [1.54, 1.807) is 6.08 Å². The summed E-state index contributed by atoms with van der Waals surface area (Å²) in [6.07, 6.45) is 59.4. The molecule has 3 atom stereocenters. The highest BCUT2D eigenvalue weighted by Crippen LogP contribution is 2.38. The number of rotatable bonds is 50. The molecule has 9 heteroatoms. The first-order valence-electron chi connectivity index (χ1n) is 27.4. The van der Waals surface area contributed by atoms with E-state index in [9.17, 15) is 19.4 Å². The van der Waals surface area contributed by atoms with Crippen molar-refractivity contribution >= 4 is 13.7 Å². The lowest BCUT2D eigenvalue weighted by molar-refractivity contribution is -0.870. The van der Waals surface area contributed by atoms with E-state index in [4.69, 9.17) is 9.05 Å². The molecule has 3 unspecified atom stereocenters. The normalized spacial score (nSPS) is 14.3. The predicted molar refractivity (Wildman–Crippen MR) is 275 cm³/mol. The second-order valence-electron chi connectivity index (χ2n) is 19.9. The Morgan fingerprint density at radius 2 is 0.906 bits per heavy atom. The largest absolute Gasteiger partial charge is 0.756 e. The third-order valence-electron chi connectivity index (χ3n) is 12.3. The summed E-state index contributed by atoms with van der Waals surface area (Å²) < 4.78 is 23.2. The van der Waals surface area contributed by atoms with E-state index in [0.29, 0.717) is 17.4 Å².